The van der Waals surface area contributed by atoms with Gasteiger partial charge >= 0.3 is 0 Å². The maximum absolute atomic E-state index is 11.1. The van der Waals surface area contributed by atoms with E-state index in [1.54, 1.807) is 0 Å². The van der Waals surface area contributed by atoms with Crippen LogP contribution in [0.15, 0.2) is 23.3 Å². The van der Waals surface area contributed by atoms with Gasteiger partial charge in [0.15, 0.2) is 0 Å². The molecule has 3 rings (SSSR count). The van der Waals surface area contributed by atoms with Gasteiger partial charge in [0, 0.05) is 5.41 Å². The summed E-state index contributed by atoms with van der Waals surface area (Å²) in [5, 5.41) is 42.9. The number of rotatable bonds is 0. The minimum Gasteiger partial charge on any atom is -0.389 e. The molecule has 0 amide bonds. The van der Waals surface area contributed by atoms with E-state index in [-0.39, 0.29) is 17.3 Å². The lowest BCUT2D eigenvalue weighted by atomic mass is 9.50. The second kappa shape index (κ2) is 5.66. The van der Waals surface area contributed by atoms with Gasteiger partial charge in [0.05, 0.1) is 18.3 Å². The van der Waals surface area contributed by atoms with Gasteiger partial charge in [-0.3, -0.25) is 0 Å². The van der Waals surface area contributed by atoms with Crippen molar-refractivity contribution < 1.29 is 20.4 Å². The second-order valence-corrected chi connectivity index (χ2v) is 9.08. The Morgan fingerprint density at radius 1 is 1.00 bits per heavy atom. The van der Waals surface area contributed by atoms with Crippen molar-refractivity contribution in [2.45, 2.75) is 77.8 Å². The average molecular weight is 336 g/mol. The van der Waals surface area contributed by atoms with E-state index in [9.17, 15) is 20.4 Å². The maximum Gasteiger partial charge on any atom is 0.102 e. The summed E-state index contributed by atoms with van der Waals surface area (Å²) in [7, 11) is 0. The van der Waals surface area contributed by atoms with Gasteiger partial charge < -0.3 is 20.4 Å². The molecule has 4 nitrogen and oxygen atoms in total. The Bertz CT molecular complexity index is 578. The summed E-state index contributed by atoms with van der Waals surface area (Å²) in [5.74, 6) is 0.127. The third kappa shape index (κ3) is 2.34. The summed E-state index contributed by atoms with van der Waals surface area (Å²) in [4.78, 5) is 0. The number of fused-ring (bicyclic) bond motifs is 3. The molecule has 2 bridgehead atoms. The van der Waals surface area contributed by atoms with Gasteiger partial charge in [-0.25, -0.2) is 0 Å². The van der Waals surface area contributed by atoms with Crippen LogP contribution < -0.4 is 0 Å². The standard InChI is InChI=1S/C20H32O4/c1-10-13-8-12-9-15(22)11(2)16(19(12,3)4)17(23)18(24)20(13,5)7-6-14(10)21/h12-15,17-18,21-24H,1,6-9H2,2-5H3/t12?,13-,14+,15+,17-,18+,20-/m1/s1. The lowest BCUT2D eigenvalue weighted by Crippen LogP contribution is -2.57. The largest absolute Gasteiger partial charge is 0.389 e. The molecule has 0 radical (unpaired) electrons. The van der Waals surface area contributed by atoms with E-state index < -0.39 is 29.8 Å². The topological polar surface area (TPSA) is 80.9 Å². The first kappa shape index (κ1) is 18.1. The molecule has 0 aliphatic heterocycles. The molecule has 0 spiro atoms. The molecule has 0 saturated heterocycles. The van der Waals surface area contributed by atoms with Crippen LogP contribution in [0.2, 0.25) is 0 Å². The highest BCUT2D eigenvalue weighted by Crippen LogP contribution is 2.58. The van der Waals surface area contributed by atoms with Crippen LogP contribution in [0.3, 0.4) is 0 Å². The molecular weight excluding hydrogens is 304 g/mol. The van der Waals surface area contributed by atoms with Crippen LogP contribution in [0.4, 0.5) is 0 Å². The Morgan fingerprint density at radius 2 is 1.62 bits per heavy atom. The monoisotopic (exact) mass is 336 g/mol. The van der Waals surface area contributed by atoms with Crippen molar-refractivity contribution in [1.29, 1.82) is 0 Å². The summed E-state index contributed by atoms with van der Waals surface area (Å²) >= 11 is 0. The molecule has 136 valence electrons. The van der Waals surface area contributed by atoms with Crippen LogP contribution in [0.1, 0.15) is 53.4 Å². The Labute approximate surface area is 144 Å². The highest BCUT2D eigenvalue weighted by atomic mass is 16.3. The first-order valence-corrected chi connectivity index (χ1v) is 9.14. The molecule has 0 heterocycles. The molecule has 4 heteroatoms. The highest BCUT2D eigenvalue weighted by molar-refractivity contribution is 5.34. The van der Waals surface area contributed by atoms with E-state index in [0.29, 0.717) is 19.3 Å². The summed E-state index contributed by atoms with van der Waals surface area (Å²) in [6.45, 7) is 12.2. The normalized spacial score (nSPS) is 48.6. The third-order valence-corrected chi connectivity index (χ3v) is 7.57. The highest BCUT2D eigenvalue weighted by Gasteiger charge is 2.56. The predicted octanol–water partition coefficient (Wildman–Crippen LogP) is 2.17. The SMILES string of the molecule is C=C1[C@H]2CC3C[C@H](O)C(C)=C([C@@H](O)[C@H](O)[C@]2(C)CC[C@@H]1O)C3(C)C. The maximum atomic E-state index is 11.1. The van der Waals surface area contributed by atoms with Gasteiger partial charge in [0.2, 0.25) is 0 Å². The molecule has 0 aromatic heterocycles. The Kier molecular flexibility index (Phi) is 4.28. The van der Waals surface area contributed by atoms with Crippen molar-refractivity contribution >= 4 is 0 Å². The van der Waals surface area contributed by atoms with Gasteiger partial charge in [-0.2, -0.15) is 0 Å². The van der Waals surface area contributed by atoms with E-state index >= 15 is 0 Å². The van der Waals surface area contributed by atoms with Crippen LogP contribution in [-0.4, -0.2) is 44.8 Å². The fourth-order valence-corrected chi connectivity index (χ4v) is 5.69. The van der Waals surface area contributed by atoms with Crippen molar-refractivity contribution in [3.05, 3.63) is 23.3 Å². The molecule has 3 aliphatic carbocycles. The summed E-state index contributed by atoms with van der Waals surface area (Å²) < 4.78 is 0. The first-order valence-electron chi connectivity index (χ1n) is 9.14. The van der Waals surface area contributed by atoms with Gasteiger partial charge in [0.25, 0.3) is 0 Å². The van der Waals surface area contributed by atoms with Crippen molar-refractivity contribution in [3.63, 3.8) is 0 Å². The van der Waals surface area contributed by atoms with Crippen molar-refractivity contribution in [1.82, 2.24) is 0 Å². The van der Waals surface area contributed by atoms with Crippen LogP contribution in [-0.2, 0) is 0 Å². The number of aliphatic hydroxyl groups excluding tert-OH is 4. The third-order valence-electron chi connectivity index (χ3n) is 7.57. The first-order chi connectivity index (χ1) is 11.0. The zero-order valence-electron chi connectivity index (χ0n) is 15.3. The molecule has 0 aromatic rings. The van der Waals surface area contributed by atoms with Gasteiger partial charge in [-0.15, -0.1) is 0 Å². The average Bonchev–Trinajstić information content (AvgIpc) is 2.51. The number of aliphatic hydroxyl groups is 4. The predicted molar refractivity (Wildman–Crippen MR) is 93.2 cm³/mol. The van der Waals surface area contributed by atoms with Gasteiger partial charge in [-0.1, -0.05) is 27.4 Å². The molecule has 3 aliphatic rings. The van der Waals surface area contributed by atoms with E-state index in [2.05, 4.69) is 20.4 Å². The zero-order valence-corrected chi connectivity index (χ0v) is 15.3. The lowest BCUT2D eigenvalue weighted by molar-refractivity contribution is -0.115. The Morgan fingerprint density at radius 3 is 2.25 bits per heavy atom. The minimum absolute atomic E-state index is 0.0534. The summed E-state index contributed by atoms with van der Waals surface area (Å²) in [5.41, 5.74) is 1.58. The molecular formula is C20H32O4. The molecule has 1 unspecified atom stereocenters. The smallest absolute Gasteiger partial charge is 0.102 e. The molecule has 2 saturated carbocycles. The second-order valence-electron chi connectivity index (χ2n) is 9.08. The summed E-state index contributed by atoms with van der Waals surface area (Å²) in [6, 6.07) is 0. The Balaban J connectivity index is 2.15. The van der Waals surface area contributed by atoms with Crippen molar-refractivity contribution in [2.75, 3.05) is 0 Å². The molecule has 24 heavy (non-hydrogen) atoms. The van der Waals surface area contributed by atoms with Gasteiger partial charge in [-0.05, 0) is 66.6 Å². The number of hydrogen-bond acceptors (Lipinski definition) is 4. The fourth-order valence-electron chi connectivity index (χ4n) is 5.69. The van der Waals surface area contributed by atoms with Crippen LogP contribution in [0, 0.1) is 22.7 Å². The van der Waals surface area contributed by atoms with Crippen molar-refractivity contribution in [2.24, 2.45) is 22.7 Å². The Hall–Kier alpha value is -0.680. The van der Waals surface area contributed by atoms with E-state index in [0.717, 1.165) is 23.1 Å². The van der Waals surface area contributed by atoms with Crippen LogP contribution >= 0.6 is 0 Å². The number of hydrogen-bond donors (Lipinski definition) is 4. The van der Waals surface area contributed by atoms with Crippen LogP contribution in [0.5, 0.6) is 0 Å². The van der Waals surface area contributed by atoms with E-state index in [1.807, 2.05) is 13.8 Å². The van der Waals surface area contributed by atoms with Crippen LogP contribution in [0.25, 0.3) is 0 Å². The van der Waals surface area contributed by atoms with Crippen molar-refractivity contribution in [3.8, 4) is 0 Å². The molecule has 0 aromatic carbocycles. The molecule has 2 fully saturated rings. The minimum atomic E-state index is -0.992. The van der Waals surface area contributed by atoms with Gasteiger partial charge in [0.1, 0.15) is 6.10 Å². The fraction of sp³-hybridized carbons (Fsp3) is 0.800. The molecule has 4 N–H and O–H groups in total. The quantitative estimate of drug-likeness (QED) is 0.511. The van der Waals surface area contributed by atoms with E-state index in [1.165, 1.54) is 0 Å². The molecule has 7 atom stereocenters. The lowest BCUT2D eigenvalue weighted by Gasteiger charge is -2.56. The van der Waals surface area contributed by atoms with E-state index in [4.69, 9.17) is 0 Å². The summed E-state index contributed by atoms with van der Waals surface area (Å²) in [6.07, 6.45) is -0.373. The zero-order chi connectivity index (χ0) is 18.0.